The fourth-order valence-corrected chi connectivity index (χ4v) is 2.26. The molecule has 0 unspecified atom stereocenters. The fourth-order valence-electron chi connectivity index (χ4n) is 1.79. The molecular weight excluding hydrogens is 321 g/mol. The summed E-state index contributed by atoms with van der Waals surface area (Å²) >= 11 is 3.37. The van der Waals surface area contributed by atoms with E-state index in [1.807, 2.05) is 25.1 Å². The molecule has 0 bridgehead atoms. The first kappa shape index (κ1) is 13.9. The van der Waals surface area contributed by atoms with Crippen molar-refractivity contribution in [1.82, 2.24) is 0 Å². The Bertz CT molecular complexity index is 576. The van der Waals surface area contributed by atoms with E-state index < -0.39 is 6.36 Å². The minimum Gasteiger partial charge on any atom is -0.406 e. The molecule has 0 heterocycles. The molecule has 0 aliphatic rings. The predicted octanol–water partition coefficient (Wildman–Crippen LogP) is 5.32. The van der Waals surface area contributed by atoms with Gasteiger partial charge in [0.25, 0.3) is 0 Å². The lowest BCUT2D eigenvalue weighted by Gasteiger charge is -2.10. The van der Waals surface area contributed by atoms with Crippen LogP contribution in [-0.2, 0) is 0 Å². The largest absolute Gasteiger partial charge is 0.573 e. The van der Waals surface area contributed by atoms with E-state index in [0.717, 1.165) is 21.2 Å². The Morgan fingerprint density at radius 3 is 2.16 bits per heavy atom. The van der Waals surface area contributed by atoms with Crippen molar-refractivity contribution >= 4 is 15.9 Å². The Morgan fingerprint density at radius 1 is 1.00 bits per heavy atom. The van der Waals surface area contributed by atoms with Crippen molar-refractivity contribution in [2.75, 3.05) is 0 Å². The quantitative estimate of drug-likeness (QED) is 0.723. The SMILES string of the molecule is Cc1cc(Br)ccc1-c1ccc(OC(F)(F)F)cc1. The van der Waals surface area contributed by atoms with Crippen LogP contribution in [-0.4, -0.2) is 6.36 Å². The van der Waals surface area contributed by atoms with Gasteiger partial charge in [0.15, 0.2) is 0 Å². The summed E-state index contributed by atoms with van der Waals surface area (Å²) in [6.07, 6.45) is -4.66. The maximum absolute atomic E-state index is 12.0. The van der Waals surface area contributed by atoms with Crippen molar-refractivity contribution in [3.05, 3.63) is 52.5 Å². The van der Waals surface area contributed by atoms with Crippen LogP contribution in [0.25, 0.3) is 11.1 Å². The van der Waals surface area contributed by atoms with Crippen LogP contribution in [0.3, 0.4) is 0 Å². The standard InChI is InChI=1S/C14H10BrF3O/c1-9-8-11(15)4-7-13(9)10-2-5-12(6-3-10)19-14(16,17)18/h2-8H,1H3. The van der Waals surface area contributed by atoms with Gasteiger partial charge in [0.05, 0.1) is 0 Å². The highest BCUT2D eigenvalue weighted by atomic mass is 79.9. The van der Waals surface area contributed by atoms with Crippen LogP contribution < -0.4 is 4.74 Å². The minimum absolute atomic E-state index is 0.217. The topological polar surface area (TPSA) is 9.23 Å². The zero-order valence-electron chi connectivity index (χ0n) is 9.96. The van der Waals surface area contributed by atoms with Crippen LogP contribution in [0.2, 0.25) is 0 Å². The van der Waals surface area contributed by atoms with Crippen LogP contribution >= 0.6 is 15.9 Å². The van der Waals surface area contributed by atoms with Gasteiger partial charge >= 0.3 is 6.36 Å². The maximum Gasteiger partial charge on any atom is 0.573 e. The first-order valence-electron chi connectivity index (χ1n) is 5.47. The van der Waals surface area contributed by atoms with Gasteiger partial charge in [-0.3, -0.25) is 0 Å². The molecule has 1 nitrogen and oxygen atoms in total. The number of aryl methyl sites for hydroxylation is 1. The second kappa shape index (κ2) is 5.25. The molecule has 2 aromatic carbocycles. The number of halogens is 4. The molecule has 19 heavy (non-hydrogen) atoms. The zero-order valence-corrected chi connectivity index (χ0v) is 11.5. The molecule has 0 fully saturated rings. The number of alkyl halides is 3. The van der Waals surface area contributed by atoms with E-state index in [-0.39, 0.29) is 5.75 Å². The summed E-state index contributed by atoms with van der Waals surface area (Å²) in [6, 6.07) is 11.6. The third-order valence-corrected chi connectivity index (χ3v) is 3.08. The average Bonchev–Trinajstić information content (AvgIpc) is 2.28. The number of rotatable bonds is 2. The van der Waals surface area contributed by atoms with Crippen molar-refractivity contribution in [1.29, 1.82) is 0 Å². The molecule has 0 radical (unpaired) electrons. The molecule has 0 aromatic heterocycles. The number of hydrogen-bond donors (Lipinski definition) is 0. The Morgan fingerprint density at radius 2 is 1.63 bits per heavy atom. The van der Waals surface area contributed by atoms with Crippen LogP contribution in [0, 0.1) is 6.92 Å². The number of ether oxygens (including phenoxy) is 1. The van der Waals surface area contributed by atoms with Gasteiger partial charge in [0, 0.05) is 4.47 Å². The Labute approximate surface area is 117 Å². The fraction of sp³-hybridized carbons (Fsp3) is 0.143. The van der Waals surface area contributed by atoms with Crippen molar-refractivity contribution in [3.8, 4) is 16.9 Å². The molecule has 0 N–H and O–H groups in total. The van der Waals surface area contributed by atoms with Gasteiger partial charge in [-0.05, 0) is 47.9 Å². The molecule has 100 valence electrons. The lowest BCUT2D eigenvalue weighted by atomic mass is 10.0. The molecule has 0 aliphatic carbocycles. The Hall–Kier alpha value is -1.49. The number of benzene rings is 2. The van der Waals surface area contributed by atoms with E-state index >= 15 is 0 Å². The molecule has 0 atom stereocenters. The molecule has 2 aromatic rings. The van der Waals surface area contributed by atoms with Crippen molar-refractivity contribution in [2.24, 2.45) is 0 Å². The first-order valence-corrected chi connectivity index (χ1v) is 6.27. The van der Waals surface area contributed by atoms with Crippen molar-refractivity contribution in [3.63, 3.8) is 0 Å². The zero-order chi connectivity index (χ0) is 14.0. The van der Waals surface area contributed by atoms with E-state index in [2.05, 4.69) is 20.7 Å². The summed E-state index contributed by atoms with van der Waals surface area (Å²) in [6.45, 7) is 1.94. The summed E-state index contributed by atoms with van der Waals surface area (Å²) < 4.78 is 40.9. The summed E-state index contributed by atoms with van der Waals surface area (Å²) in [5.41, 5.74) is 2.86. The van der Waals surface area contributed by atoms with Crippen LogP contribution in [0.15, 0.2) is 46.9 Å². The first-order chi connectivity index (χ1) is 8.85. The predicted molar refractivity (Wildman–Crippen MR) is 71.0 cm³/mol. The van der Waals surface area contributed by atoms with Gasteiger partial charge in [-0.2, -0.15) is 0 Å². The van der Waals surface area contributed by atoms with Gasteiger partial charge < -0.3 is 4.74 Å². The summed E-state index contributed by atoms with van der Waals surface area (Å²) in [5.74, 6) is -0.217. The van der Waals surface area contributed by atoms with Gasteiger partial charge in [0.1, 0.15) is 5.75 Å². The van der Waals surface area contributed by atoms with Crippen LogP contribution in [0.5, 0.6) is 5.75 Å². The summed E-state index contributed by atoms with van der Waals surface area (Å²) in [5, 5.41) is 0. The molecule has 0 saturated carbocycles. The molecule has 0 aliphatic heterocycles. The van der Waals surface area contributed by atoms with Gasteiger partial charge in [-0.25, -0.2) is 0 Å². The Balaban J connectivity index is 2.27. The van der Waals surface area contributed by atoms with Crippen LogP contribution in [0.1, 0.15) is 5.56 Å². The average molecular weight is 331 g/mol. The van der Waals surface area contributed by atoms with E-state index in [1.54, 1.807) is 12.1 Å². The molecule has 0 spiro atoms. The van der Waals surface area contributed by atoms with Crippen LogP contribution in [0.4, 0.5) is 13.2 Å². The normalized spacial score (nSPS) is 11.4. The molecule has 0 amide bonds. The molecular formula is C14H10BrF3O. The molecule has 2 rings (SSSR count). The highest BCUT2D eigenvalue weighted by Gasteiger charge is 2.30. The summed E-state index contributed by atoms with van der Waals surface area (Å²) in [7, 11) is 0. The second-order valence-corrected chi connectivity index (χ2v) is 4.95. The van der Waals surface area contributed by atoms with Gasteiger partial charge in [0.2, 0.25) is 0 Å². The van der Waals surface area contributed by atoms with Gasteiger partial charge in [-0.15, -0.1) is 13.2 Å². The van der Waals surface area contributed by atoms with E-state index in [9.17, 15) is 13.2 Å². The third-order valence-electron chi connectivity index (χ3n) is 2.59. The maximum atomic E-state index is 12.0. The lowest BCUT2D eigenvalue weighted by molar-refractivity contribution is -0.274. The third kappa shape index (κ3) is 3.73. The van der Waals surface area contributed by atoms with E-state index in [1.165, 1.54) is 12.1 Å². The van der Waals surface area contributed by atoms with E-state index in [4.69, 9.17) is 0 Å². The lowest BCUT2D eigenvalue weighted by Crippen LogP contribution is -2.16. The number of hydrogen-bond acceptors (Lipinski definition) is 1. The smallest absolute Gasteiger partial charge is 0.406 e. The monoisotopic (exact) mass is 330 g/mol. The van der Waals surface area contributed by atoms with E-state index in [0.29, 0.717) is 0 Å². The van der Waals surface area contributed by atoms with Crippen molar-refractivity contribution in [2.45, 2.75) is 13.3 Å². The van der Waals surface area contributed by atoms with Crippen molar-refractivity contribution < 1.29 is 17.9 Å². The highest BCUT2D eigenvalue weighted by molar-refractivity contribution is 9.10. The second-order valence-electron chi connectivity index (χ2n) is 4.03. The van der Waals surface area contributed by atoms with Gasteiger partial charge in [-0.1, -0.05) is 34.1 Å². The minimum atomic E-state index is -4.66. The molecule has 5 heteroatoms. The summed E-state index contributed by atoms with van der Waals surface area (Å²) in [4.78, 5) is 0. The molecule has 0 saturated heterocycles. The highest BCUT2D eigenvalue weighted by Crippen LogP contribution is 2.29. The Kier molecular flexibility index (Phi) is 3.85.